The van der Waals surface area contributed by atoms with E-state index >= 15 is 0 Å². The number of carbonyl (C=O) groups is 1. The molecule has 0 spiro atoms. The molecule has 0 atom stereocenters. The number of aromatic nitrogens is 1. The Bertz CT molecular complexity index is 894. The number of halogens is 2. The molecule has 0 saturated carbocycles. The molecular formula is C18H14Cl2N2O2S. The van der Waals surface area contributed by atoms with Gasteiger partial charge in [0.2, 0.25) is 5.91 Å². The van der Waals surface area contributed by atoms with E-state index in [1.807, 2.05) is 17.5 Å². The number of hydrogen-bond acceptors (Lipinski definition) is 4. The molecule has 4 nitrogen and oxygen atoms in total. The van der Waals surface area contributed by atoms with Gasteiger partial charge < -0.3 is 10.1 Å². The highest BCUT2D eigenvalue weighted by atomic mass is 35.5. The topological polar surface area (TPSA) is 51.2 Å². The molecule has 0 aliphatic heterocycles. The van der Waals surface area contributed by atoms with Gasteiger partial charge in [-0.15, -0.1) is 11.3 Å². The number of thiazole rings is 1. The highest BCUT2D eigenvalue weighted by Gasteiger charge is 2.12. The van der Waals surface area contributed by atoms with Crippen LogP contribution < -0.4 is 10.1 Å². The van der Waals surface area contributed by atoms with Crippen molar-refractivity contribution in [3.8, 4) is 17.0 Å². The number of benzene rings is 2. The zero-order valence-corrected chi connectivity index (χ0v) is 15.6. The number of nitrogens with one attached hydrogen (secondary N) is 1. The van der Waals surface area contributed by atoms with Gasteiger partial charge in [0.05, 0.1) is 19.2 Å². The van der Waals surface area contributed by atoms with Crippen molar-refractivity contribution in [2.45, 2.75) is 6.42 Å². The normalized spacial score (nSPS) is 10.5. The summed E-state index contributed by atoms with van der Waals surface area (Å²) in [6.45, 7) is 0. The largest absolute Gasteiger partial charge is 0.496 e. The molecule has 1 amide bonds. The van der Waals surface area contributed by atoms with Gasteiger partial charge in [0.1, 0.15) is 5.75 Å². The predicted molar refractivity (Wildman–Crippen MR) is 103 cm³/mol. The fourth-order valence-electron chi connectivity index (χ4n) is 2.31. The second-order valence-electron chi connectivity index (χ2n) is 5.23. The van der Waals surface area contributed by atoms with Crippen molar-refractivity contribution in [2.75, 3.05) is 12.4 Å². The summed E-state index contributed by atoms with van der Waals surface area (Å²) in [7, 11) is 1.56. The van der Waals surface area contributed by atoms with Crippen LogP contribution in [0.1, 0.15) is 5.56 Å². The average Bonchev–Trinajstić information content (AvgIpc) is 3.04. The molecule has 0 radical (unpaired) electrons. The first kappa shape index (κ1) is 17.7. The van der Waals surface area contributed by atoms with E-state index in [2.05, 4.69) is 10.3 Å². The fraction of sp³-hybridized carbons (Fsp3) is 0.111. The van der Waals surface area contributed by atoms with Crippen LogP contribution in [0, 0.1) is 0 Å². The van der Waals surface area contributed by atoms with Crippen molar-refractivity contribution in [3.05, 3.63) is 63.5 Å². The molecule has 7 heteroatoms. The molecule has 0 unspecified atom stereocenters. The second kappa shape index (κ2) is 7.87. The monoisotopic (exact) mass is 392 g/mol. The summed E-state index contributed by atoms with van der Waals surface area (Å²) >= 11 is 13.3. The molecule has 1 aromatic heterocycles. The number of methoxy groups -OCH3 is 1. The Morgan fingerprint density at radius 3 is 2.60 bits per heavy atom. The van der Waals surface area contributed by atoms with Gasteiger partial charge in [-0.05, 0) is 30.3 Å². The van der Waals surface area contributed by atoms with Gasteiger partial charge >= 0.3 is 0 Å². The van der Waals surface area contributed by atoms with Crippen molar-refractivity contribution in [3.63, 3.8) is 0 Å². The minimum atomic E-state index is -0.183. The summed E-state index contributed by atoms with van der Waals surface area (Å²) in [6.07, 6.45) is 0.152. The molecule has 3 rings (SSSR count). The zero-order valence-electron chi connectivity index (χ0n) is 13.3. The average molecular weight is 393 g/mol. The van der Waals surface area contributed by atoms with E-state index in [9.17, 15) is 4.79 Å². The van der Waals surface area contributed by atoms with E-state index in [1.54, 1.807) is 37.4 Å². The molecule has 25 heavy (non-hydrogen) atoms. The Hall–Kier alpha value is -2.08. The maximum absolute atomic E-state index is 12.3. The quantitative estimate of drug-likeness (QED) is 0.640. The minimum absolute atomic E-state index is 0.152. The molecular weight excluding hydrogens is 379 g/mol. The number of hydrogen-bond donors (Lipinski definition) is 1. The van der Waals surface area contributed by atoms with E-state index in [4.69, 9.17) is 27.9 Å². The number of nitrogens with zero attached hydrogens (tertiary/aromatic N) is 1. The summed E-state index contributed by atoms with van der Waals surface area (Å²) in [6, 6.07) is 12.6. The molecule has 3 aromatic rings. The van der Waals surface area contributed by atoms with E-state index in [0.29, 0.717) is 20.9 Å². The number of amides is 1. The first-order valence-corrected chi connectivity index (χ1v) is 9.02. The lowest BCUT2D eigenvalue weighted by molar-refractivity contribution is -0.115. The lowest BCUT2D eigenvalue weighted by Gasteiger charge is -2.08. The van der Waals surface area contributed by atoms with Crippen molar-refractivity contribution in [2.24, 2.45) is 0 Å². The van der Waals surface area contributed by atoms with Crippen molar-refractivity contribution >= 4 is 45.6 Å². The van der Waals surface area contributed by atoms with Crippen LogP contribution in [0.15, 0.2) is 47.8 Å². The van der Waals surface area contributed by atoms with E-state index < -0.39 is 0 Å². The summed E-state index contributed by atoms with van der Waals surface area (Å²) < 4.78 is 5.26. The number of carbonyl (C=O) groups excluding carboxylic acids is 1. The van der Waals surface area contributed by atoms with E-state index in [1.165, 1.54) is 11.3 Å². The Kier molecular flexibility index (Phi) is 5.58. The van der Waals surface area contributed by atoms with Gasteiger partial charge in [-0.3, -0.25) is 4.79 Å². The van der Waals surface area contributed by atoms with Gasteiger partial charge in [-0.25, -0.2) is 4.98 Å². The smallest absolute Gasteiger partial charge is 0.230 e. The lowest BCUT2D eigenvalue weighted by atomic mass is 10.1. The first-order valence-electron chi connectivity index (χ1n) is 7.39. The van der Waals surface area contributed by atoms with Gasteiger partial charge in [0.15, 0.2) is 5.13 Å². The molecule has 0 aliphatic carbocycles. The van der Waals surface area contributed by atoms with E-state index in [0.717, 1.165) is 16.8 Å². The Morgan fingerprint density at radius 1 is 1.16 bits per heavy atom. The molecule has 1 heterocycles. The Balaban J connectivity index is 1.70. The molecule has 0 bridgehead atoms. The third-order valence-electron chi connectivity index (χ3n) is 3.48. The molecule has 128 valence electrons. The first-order chi connectivity index (χ1) is 12.0. The van der Waals surface area contributed by atoms with Gasteiger partial charge in [0, 0.05) is 26.6 Å². The third-order valence-corrected chi connectivity index (χ3v) is 4.73. The highest BCUT2D eigenvalue weighted by molar-refractivity contribution is 7.14. The van der Waals surface area contributed by atoms with Gasteiger partial charge in [0.25, 0.3) is 0 Å². The Labute approximate surface area is 159 Å². The molecule has 1 N–H and O–H groups in total. The van der Waals surface area contributed by atoms with Crippen LogP contribution in [0.5, 0.6) is 5.75 Å². The fourth-order valence-corrected chi connectivity index (χ4v) is 3.36. The van der Waals surface area contributed by atoms with Crippen molar-refractivity contribution in [1.29, 1.82) is 0 Å². The van der Waals surface area contributed by atoms with Crippen LogP contribution in [-0.2, 0) is 11.2 Å². The van der Waals surface area contributed by atoms with Gasteiger partial charge in [-0.2, -0.15) is 0 Å². The summed E-state index contributed by atoms with van der Waals surface area (Å²) in [5.74, 6) is 0.443. The van der Waals surface area contributed by atoms with Crippen LogP contribution in [-0.4, -0.2) is 18.0 Å². The van der Waals surface area contributed by atoms with Gasteiger partial charge in [-0.1, -0.05) is 35.3 Å². The number of rotatable bonds is 5. The zero-order chi connectivity index (χ0) is 17.8. The van der Waals surface area contributed by atoms with Crippen molar-refractivity contribution < 1.29 is 9.53 Å². The number of anilines is 1. The molecule has 0 aliphatic rings. The molecule has 2 aromatic carbocycles. The van der Waals surface area contributed by atoms with E-state index in [-0.39, 0.29) is 12.3 Å². The maximum atomic E-state index is 12.3. The molecule has 0 saturated heterocycles. The highest BCUT2D eigenvalue weighted by Crippen LogP contribution is 2.27. The summed E-state index contributed by atoms with van der Waals surface area (Å²) in [5, 5.41) is 6.46. The van der Waals surface area contributed by atoms with Crippen LogP contribution in [0.2, 0.25) is 10.0 Å². The van der Waals surface area contributed by atoms with Crippen LogP contribution >= 0.6 is 34.5 Å². The minimum Gasteiger partial charge on any atom is -0.496 e. The number of ether oxygens (including phenoxy) is 1. The second-order valence-corrected chi connectivity index (χ2v) is 6.96. The van der Waals surface area contributed by atoms with Crippen LogP contribution in [0.25, 0.3) is 11.3 Å². The summed E-state index contributed by atoms with van der Waals surface area (Å²) in [5.41, 5.74) is 2.46. The molecule has 0 fully saturated rings. The predicted octanol–water partition coefficient (Wildman–Crippen LogP) is 5.31. The maximum Gasteiger partial charge on any atom is 0.230 e. The third kappa shape index (κ3) is 4.51. The SMILES string of the molecule is COc1ccc(Cl)cc1CC(=O)Nc1nc(-c2ccc(Cl)cc2)cs1. The Morgan fingerprint density at radius 2 is 1.88 bits per heavy atom. The summed E-state index contributed by atoms with van der Waals surface area (Å²) in [4.78, 5) is 16.7. The van der Waals surface area contributed by atoms with Crippen LogP contribution in [0.4, 0.5) is 5.13 Å². The standard InChI is InChI=1S/C18H14Cl2N2O2S/c1-24-16-7-6-14(20)8-12(16)9-17(23)22-18-21-15(10-25-18)11-2-4-13(19)5-3-11/h2-8,10H,9H2,1H3,(H,21,22,23). The van der Waals surface area contributed by atoms with Crippen molar-refractivity contribution in [1.82, 2.24) is 4.98 Å². The lowest BCUT2D eigenvalue weighted by Crippen LogP contribution is -2.14. The van der Waals surface area contributed by atoms with Crippen LogP contribution in [0.3, 0.4) is 0 Å².